The normalized spacial score (nSPS) is 12.3. The summed E-state index contributed by atoms with van der Waals surface area (Å²) < 4.78 is 5.76. The van der Waals surface area contributed by atoms with Gasteiger partial charge in [-0.05, 0) is 43.0 Å². The quantitative estimate of drug-likeness (QED) is 0.751. The number of urea groups is 1. The van der Waals surface area contributed by atoms with Crippen molar-refractivity contribution in [2.24, 2.45) is 0 Å². The number of nitrogens with one attached hydrogen (secondary N) is 2. The van der Waals surface area contributed by atoms with Crippen LogP contribution in [0.5, 0.6) is 0 Å². The van der Waals surface area contributed by atoms with Crippen LogP contribution in [0.15, 0.2) is 46.2 Å². The molecule has 0 aliphatic heterocycles. The predicted octanol–water partition coefficient (Wildman–Crippen LogP) is 4.36. The summed E-state index contributed by atoms with van der Waals surface area (Å²) in [7, 11) is 0. The van der Waals surface area contributed by atoms with Crippen molar-refractivity contribution >= 4 is 28.3 Å². The average molecular weight is 314 g/mol. The van der Waals surface area contributed by atoms with Crippen LogP contribution in [0, 0.1) is 6.92 Å². The first-order chi connectivity index (χ1) is 10.6. The van der Waals surface area contributed by atoms with Gasteiger partial charge in [-0.3, -0.25) is 0 Å². The number of benzene rings is 1. The Morgan fingerprint density at radius 2 is 2.14 bits per heavy atom. The molecule has 0 spiro atoms. The first kappa shape index (κ1) is 14.7. The molecule has 2 aromatic heterocycles. The molecule has 0 aliphatic carbocycles. The molecule has 22 heavy (non-hydrogen) atoms. The summed E-state index contributed by atoms with van der Waals surface area (Å²) in [4.78, 5) is 13.2. The fourth-order valence-corrected chi connectivity index (χ4v) is 3.13. The Kier molecular flexibility index (Phi) is 4.15. The SMILES string of the molecule is Cc1ccsc1CNC(=O)NC(C)c1cc2ccccc2o1. The summed E-state index contributed by atoms with van der Waals surface area (Å²) in [5.41, 5.74) is 2.04. The van der Waals surface area contributed by atoms with Gasteiger partial charge in [-0.2, -0.15) is 0 Å². The number of rotatable bonds is 4. The monoisotopic (exact) mass is 314 g/mol. The number of amides is 2. The third-order valence-electron chi connectivity index (χ3n) is 3.60. The van der Waals surface area contributed by atoms with Crippen LogP contribution in [0.3, 0.4) is 0 Å². The fourth-order valence-electron chi connectivity index (χ4n) is 2.28. The molecule has 114 valence electrons. The highest BCUT2D eigenvalue weighted by Crippen LogP contribution is 2.23. The molecule has 1 atom stereocenters. The molecule has 4 nitrogen and oxygen atoms in total. The summed E-state index contributed by atoms with van der Waals surface area (Å²) >= 11 is 1.65. The van der Waals surface area contributed by atoms with E-state index < -0.39 is 0 Å². The Hall–Kier alpha value is -2.27. The van der Waals surface area contributed by atoms with Gasteiger partial charge in [0.05, 0.1) is 12.6 Å². The zero-order chi connectivity index (χ0) is 15.5. The van der Waals surface area contributed by atoms with Crippen LogP contribution in [-0.4, -0.2) is 6.03 Å². The van der Waals surface area contributed by atoms with Crippen LogP contribution in [0.25, 0.3) is 11.0 Å². The van der Waals surface area contributed by atoms with Crippen LogP contribution in [0.1, 0.15) is 29.2 Å². The number of para-hydroxylation sites is 1. The van der Waals surface area contributed by atoms with Crippen LogP contribution in [-0.2, 0) is 6.54 Å². The Balaban J connectivity index is 1.59. The smallest absolute Gasteiger partial charge is 0.315 e. The topological polar surface area (TPSA) is 54.3 Å². The number of carbonyl (C=O) groups is 1. The zero-order valence-corrected chi connectivity index (χ0v) is 13.4. The maximum absolute atomic E-state index is 12.0. The third kappa shape index (κ3) is 3.14. The van der Waals surface area contributed by atoms with E-state index >= 15 is 0 Å². The van der Waals surface area contributed by atoms with Crippen LogP contribution in [0.2, 0.25) is 0 Å². The summed E-state index contributed by atoms with van der Waals surface area (Å²) in [5.74, 6) is 0.753. The number of aryl methyl sites for hydroxylation is 1. The van der Waals surface area contributed by atoms with E-state index in [1.54, 1.807) is 11.3 Å². The van der Waals surface area contributed by atoms with Gasteiger partial charge >= 0.3 is 6.03 Å². The van der Waals surface area contributed by atoms with E-state index in [-0.39, 0.29) is 12.1 Å². The number of hydrogen-bond donors (Lipinski definition) is 2. The summed E-state index contributed by atoms with van der Waals surface area (Å²) in [6.07, 6.45) is 0. The van der Waals surface area contributed by atoms with Gasteiger partial charge in [0.15, 0.2) is 0 Å². The van der Waals surface area contributed by atoms with Gasteiger partial charge in [-0.15, -0.1) is 11.3 Å². The number of thiophene rings is 1. The second kappa shape index (κ2) is 6.23. The molecule has 1 aromatic carbocycles. The lowest BCUT2D eigenvalue weighted by Gasteiger charge is -2.12. The van der Waals surface area contributed by atoms with Crippen molar-refractivity contribution in [3.63, 3.8) is 0 Å². The summed E-state index contributed by atoms with van der Waals surface area (Å²) in [6, 6.07) is 11.5. The van der Waals surface area contributed by atoms with E-state index in [9.17, 15) is 4.79 Å². The zero-order valence-electron chi connectivity index (χ0n) is 12.6. The predicted molar refractivity (Wildman–Crippen MR) is 89.1 cm³/mol. The second-order valence-corrected chi connectivity index (χ2v) is 6.26. The lowest BCUT2D eigenvalue weighted by Crippen LogP contribution is -2.36. The van der Waals surface area contributed by atoms with Crippen molar-refractivity contribution in [1.82, 2.24) is 10.6 Å². The molecule has 3 rings (SSSR count). The van der Waals surface area contributed by atoms with Gasteiger partial charge in [0.2, 0.25) is 0 Å². The van der Waals surface area contributed by atoms with Gasteiger partial charge in [0.1, 0.15) is 11.3 Å². The van der Waals surface area contributed by atoms with Gasteiger partial charge in [0.25, 0.3) is 0 Å². The molecule has 1 unspecified atom stereocenters. The summed E-state index contributed by atoms with van der Waals surface area (Å²) in [6.45, 7) is 4.50. The first-order valence-electron chi connectivity index (χ1n) is 7.19. The van der Waals surface area contributed by atoms with Crippen molar-refractivity contribution < 1.29 is 9.21 Å². The van der Waals surface area contributed by atoms with E-state index in [1.807, 2.05) is 49.6 Å². The van der Waals surface area contributed by atoms with Crippen molar-refractivity contribution in [3.8, 4) is 0 Å². The van der Waals surface area contributed by atoms with E-state index in [4.69, 9.17) is 4.42 Å². The standard InChI is InChI=1S/C17H18N2O2S/c1-11-7-8-22-16(11)10-18-17(20)19-12(2)15-9-13-5-3-4-6-14(13)21-15/h3-9,12H,10H2,1-2H3,(H2,18,19,20). The first-order valence-corrected chi connectivity index (χ1v) is 8.07. The number of hydrogen-bond acceptors (Lipinski definition) is 3. The number of carbonyl (C=O) groups excluding carboxylic acids is 1. The number of furan rings is 1. The van der Waals surface area contributed by atoms with Gasteiger partial charge in [0, 0.05) is 10.3 Å². The van der Waals surface area contributed by atoms with E-state index in [0.29, 0.717) is 6.54 Å². The third-order valence-corrected chi connectivity index (χ3v) is 4.62. The molecule has 2 amide bonds. The molecule has 2 N–H and O–H groups in total. The fraction of sp³-hybridized carbons (Fsp3) is 0.235. The molecule has 0 saturated carbocycles. The van der Waals surface area contributed by atoms with Crippen molar-refractivity contribution in [2.75, 3.05) is 0 Å². The molecule has 5 heteroatoms. The van der Waals surface area contributed by atoms with Gasteiger partial charge in [-0.25, -0.2) is 4.79 Å². The van der Waals surface area contributed by atoms with E-state index in [1.165, 1.54) is 10.4 Å². The van der Waals surface area contributed by atoms with Crippen molar-refractivity contribution in [1.29, 1.82) is 0 Å². The minimum absolute atomic E-state index is 0.183. The second-order valence-electron chi connectivity index (χ2n) is 5.26. The molecule has 0 bridgehead atoms. The largest absolute Gasteiger partial charge is 0.459 e. The lowest BCUT2D eigenvalue weighted by atomic mass is 10.2. The van der Waals surface area contributed by atoms with Crippen LogP contribution >= 0.6 is 11.3 Å². The Morgan fingerprint density at radius 3 is 2.86 bits per heavy atom. The molecule has 0 radical (unpaired) electrons. The lowest BCUT2D eigenvalue weighted by molar-refractivity contribution is 0.236. The maximum Gasteiger partial charge on any atom is 0.315 e. The van der Waals surface area contributed by atoms with Gasteiger partial charge in [-0.1, -0.05) is 18.2 Å². The van der Waals surface area contributed by atoms with Crippen molar-refractivity contribution in [2.45, 2.75) is 26.4 Å². The van der Waals surface area contributed by atoms with Crippen LogP contribution in [0.4, 0.5) is 4.79 Å². The molecule has 0 saturated heterocycles. The highest BCUT2D eigenvalue weighted by molar-refractivity contribution is 7.10. The van der Waals surface area contributed by atoms with Gasteiger partial charge < -0.3 is 15.1 Å². The Morgan fingerprint density at radius 1 is 1.32 bits per heavy atom. The van der Waals surface area contributed by atoms with E-state index in [2.05, 4.69) is 16.7 Å². The molecule has 2 heterocycles. The molecule has 0 fully saturated rings. The minimum atomic E-state index is -0.194. The Labute approximate surface area is 133 Å². The van der Waals surface area contributed by atoms with E-state index in [0.717, 1.165) is 16.7 Å². The van der Waals surface area contributed by atoms with Crippen molar-refractivity contribution in [3.05, 3.63) is 58.0 Å². The molecular weight excluding hydrogens is 296 g/mol. The maximum atomic E-state index is 12.0. The highest BCUT2D eigenvalue weighted by atomic mass is 32.1. The molecule has 3 aromatic rings. The summed E-state index contributed by atoms with van der Waals surface area (Å²) in [5, 5.41) is 8.85. The molecular formula is C17H18N2O2S. The molecule has 0 aliphatic rings. The highest BCUT2D eigenvalue weighted by Gasteiger charge is 2.14. The average Bonchev–Trinajstić information content (AvgIpc) is 3.11. The Bertz CT molecular complexity index is 758. The number of fused-ring (bicyclic) bond motifs is 1. The van der Waals surface area contributed by atoms with Crippen LogP contribution < -0.4 is 10.6 Å². The minimum Gasteiger partial charge on any atom is -0.459 e.